The molecule has 19 heavy (non-hydrogen) atoms. The molecule has 2 aromatic heterocycles. The fourth-order valence-electron chi connectivity index (χ4n) is 1.88. The van der Waals surface area contributed by atoms with Gasteiger partial charge < -0.3 is 4.74 Å². The van der Waals surface area contributed by atoms with Crippen LogP contribution in [0.15, 0.2) is 24.4 Å². The van der Waals surface area contributed by atoms with Gasteiger partial charge in [0.2, 0.25) is 5.28 Å². The summed E-state index contributed by atoms with van der Waals surface area (Å²) in [6, 6.07) is 5.30. The van der Waals surface area contributed by atoms with Crippen molar-refractivity contribution in [2.75, 3.05) is 7.11 Å². The Morgan fingerprint density at radius 2 is 2.05 bits per heavy atom. The third kappa shape index (κ3) is 2.11. The first-order valence-electron chi connectivity index (χ1n) is 5.39. The van der Waals surface area contributed by atoms with Crippen LogP contribution in [0, 0.1) is 0 Å². The summed E-state index contributed by atoms with van der Waals surface area (Å²) in [7, 11) is 1.59. The first kappa shape index (κ1) is 12.2. The third-order valence-electron chi connectivity index (χ3n) is 2.70. The van der Waals surface area contributed by atoms with Crippen LogP contribution in [0.5, 0.6) is 5.75 Å². The Kier molecular flexibility index (Phi) is 3.00. The van der Waals surface area contributed by atoms with Gasteiger partial charge in [-0.2, -0.15) is 10.1 Å². The van der Waals surface area contributed by atoms with Crippen LogP contribution in [-0.2, 0) is 0 Å². The molecule has 0 aliphatic rings. The third-order valence-corrected chi connectivity index (χ3v) is 3.10. The molecule has 1 N–H and O–H groups in total. The normalized spacial score (nSPS) is 10.9. The van der Waals surface area contributed by atoms with Crippen LogP contribution < -0.4 is 4.74 Å². The van der Waals surface area contributed by atoms with E-state index in [1.54, 1.807) is 31.5 Å². The van der Waals surface area contributed by atoms with Crippen molar-refractivity contribution in [2.45, 2.75) is 0 Å². The minimum atomic E-state index is 0.133. The molecule has 0 aliphatic heterocycles. The molecule has 3 aromatic rings. The molecule has 5 nitrogen and oxygen atoms in total. The van der Waals surface area contributed by atoms with Gasteiger partial charge in [-0.15, -0.1) is 0 Å². The molecule has 3 rings (SSSR count). The maximum atomic E-state index is 6.03. The lowest BCUT2D eigenvalue weighted by Gasteiger charge is -2.09. The SMILES string of the molecule is COc1ccc(Cl)cc1-c1nc(Cl)nc2[nH]ncc12. The van der Waals surface area contributed by atoms with Crippen LogP contribution in [0.4, 0.5) is 0 Å². The fourth-order valence-corrected chi connectivity index (χ4v) is 2.22. The zero-order valence-corrected chi connectivity index (χ0v) is 11.3. The maximum absolute atomic E-state index is 6.03. The summed E-state index contributed by atoms with van der Waals surface area (Å²) < 4.78 is 5.33. The number of rotatable bonds is 2. The second-order valence-electron chi connectivity index (χ2n) is 3.82. The number of methoxy groups -OCH3 is 1. The maximum Gasteiger partial charge on any atom is 0.224 e. The fraction of sp³-hybridized carbons (Fsp3) is 0.0833. The number of fused-ring (bicyclic) bond motifs is 1. The monoisotopic (exact) mass is 294 g/mol. The van der Waals surface area contributed by atoms with Gasteiger partial charge >= 0.3 is 0 Å². The summed E-state index contributed by atoms with van der Waals surface area (Å²) in [5.41, 5.74) is 1.94. The topological polar surface area (TPSA) is 63.7 Å². The molecule has 1 aromatic carbocycles. The van der Waals surface area contributed by atoms with Crippen LogP contribution in [0.2, 0.25) is 10.3 Å². The van der Waals surface area contributed by atoms with Crippen molar-refractivity contribution >= 4 is 34.2 Å². The van der Waals surface area contributed by atoms with E-state index in [2.05, 4.69) is 20.2 Å². The highest BCUT2D eigenvalue weighted by molar-refractivity contribution is 6.31. The summed E-state index contributed by atoms with van der Waals surface area (Å²) in [6.45, 7) is 0. The molecule has 7 heteroatoms. The van der Waals surface area contributed by atoms with Crippen molar-refractivity contribution < 1.29 is 4.74 Å². The van der Waals surface area contributed by atoms with E-state index in [1.165, 1.54) is 0 Å². The molecule has 0 bridgehead atoms. The number of aromatic amines is 1. The molecule has 0 fully saturated rings. The van der Waals surface area contributed by atoms with Crippen LogP contribution in [-0.4, -0.2) is 27.3 Å². The van der Waals surface area contributed by atoms with Gasteiger partial charge in [0.15, 0.2) is 5.65 Å². The van der Waals surface area contributed by atoms with Gasteiger partial charge in [0.1, 0.15) is 5.75 Å². The lowest BCUT2D eigenvalue weighted by Crippen LogP contribution is -1.93. The average Bonchev–Trinajstić information content (AvgIpc) is 2.85. The van der Waals surface area contributed by atoms with Gasteiger partial charge in [-0.3, -0.25) is 5.10 Å². The Labute approximate surface area is 118 Å². The van der Waals surface area contributed by atoms with E-state index in [9.17, 15) is 0 Å². The smallest absolute Gasteiger partial charge is 0.224 e. The number of ether oxygens (including phenoxy) is 1. The highest BCUT2D eigenvalue weighted by Gasteiger charge is 2.15. The van der Waals surface area contributed by atoms with E-state index >= 15 is 0 Å². The molecule has 0 radical (unpaired) electrons. The summed E-state index contributed by atoms with van der Waals surface area (Å²) in [6.07, 6.45) is 1.64. The lowest BCUT2D eigenvalue weighted by molar-refractivity contribution is 0.416. The summed E-state index contributed by atoms with van der Waals surface area (Å²) >= 11 is 12.0. The van der Waals surface area contributed by atoms with E-state index in [1.807, 2.05) is 0 Å². The Morgan fingerprint density at radius 1 is 1.21 bits per heavy atom. The van der Waals surface area contributed by atoms with Gasteiger partial charge in [-0.1, -0.05) is 11.6 Å². The Hall–Kier alpha value is -1.85. The van der Waals surface area contributed by atoms with Crippen molar-refractivity contribution in [1.82, 2.24) is 20.2 Å². The molecule has 0 spiro atoms. The summed E-state index contributed by atoms with van der Waals surface area (Å²) in [5, 5.41) is 8.18. The number of nitrogens with zero attached hydrogens (tertiary/aromatic N) is 3. The van der Waals surface area contributed by atoms with Gasteiger partial charge in [-0.05, 0) is 29.8 Å². The van der Waals surface area contributed by atoms with Crippen LogP contribution in [0.25, 0.3) is 22.3 Å². The van der Waals surface area contributed by atoms with E-state index in [4.69, 9.17) is 27.9 Å². The second kappa shape index (κ2) is 4.68. The average molecular weight is 295 g/mol. The predicted octanol–water partition coefficient (Wildman–Crippen LogP) is 3.34. The van der Waals surface area contributed by atoms with Gasteiger partial charge in [0.05, 0.1) is 24.4 Å². The summed E-state index contributed by atoms with van der Waals surface area (Å²) in [4.78, 5) is 8.31. The molecule has 2 heterocycles. The van der Waals surface area contributed by atoms with Crippen LogP contribution in [0.1, 0.15) is 0 Å². The molecule has 0 saturated heterocycles. The van der Waals surface area contributed by atoms with Gasteiger partial charge in [0, 0.05) is 10.6 Å². The van der Waals surface area contributed by atoms with Crippen molar-refractivity contribution in [3.05, 3.63) is 34.7 Å². The Balaban J connectivity index is 2.35. The molecular formula is C12H8Cl2N4O. The molecule has 0 unspecified atom stereocenters. The van der Waals surface area contributed by atoms with Crippen molar-refractivity contribution in [3.8, 4) is 17.0 Å². The number of halogens is 2. The van der Waals surface area contributed by atoms with Crippen LogP contribution in [0.3, 0.4) is 0 Å². The van der Waals surface area contributed by atoms with Crippen molar-refractivity contribution in [1.29, 1.82) is 0 Å². The number of H-pyrrole nitrogens is 1. The molecule has 0 saturated carbocycles. The zero-order valence-electron chi connectivity index (χ0n) is 9.82. The highest BCUT2D eigenvalue weighted by Crippen LogP contribution is 2.35. The highest BCUT2D eigenvalue weighted by atomic mass is 35.5. The first-order chi connectivity index (χ1) is 9.19. The van der Waals surface area contributed by atoms with E-state index in [0.29, 0.717) is 22.1 Å². The largest absolute Gasteiger partial charge is 0.496 e. The van der Waals surface area contributed by atoms with Crippen molar-refractivity contribution in [3.63, 3.8) is 0 Å². The summed E-state index contributed by atoms with van der Waals surface area (Å²) in [5.74, 6) is 0.654. The first-order valence-corrected chi connectivity index (χ1v) is 6.15. The molecule has 0 atom stereocenters. The second-order valence-corrected chi connectivity index (χ2v) is 4.59. The Bertz CT molecular complexity index is 757. The number of hydrogen-bond donors (Lipinski definition) is 1. The minimum absolute atomic E-state index is 0.133. The Morgan fingerprint density at radius 3 is 2.84 bits per heavy atom. The molecular weight excluding hydrogens is 287 g/mol. The van der Waals surface area contributed by atoms with E-state index in [-0.39, 0.29) is 5.28 Å². The zero-order chi connectivity index (χ0) is 13.4. The van der Waals surface area contributed by atoms with Gasteiger partial charge in [0.25, 0.3) is 0 Å². The predicted molar refractivity (Wildman–Crippen MR) is 73.7 cm³/mol. The number of aromatic nitrogens is 4. The number of nitrogens with one attached hydrogen (secondary N) is 1. The van der Waals surface area contributed by atoms with Crippen molar-refractivity contribution in [2.24, 2.45) is 0 Å². The van der Waals surface area contributed by atoms with E-state index in [0.717, 1.165) is 10.9 Å². The molecule has 0 aliphatic carbocycles. The van der Waals surface area contributed by atoms with E-state index < -0.39 is 0 Å². The molecule has 96 valence electrons. The number of benzene rings is 1. The standard InChI is InChI=1S/C12H8Cl2N4O/c1-19-9-3-2-6(13)4-7(9)10-8-5-15-18-11(8)17-12(14)16-10/h2-5H,1H3,(H,15,16,17,18). The van der Waals surface area contributed by atoms with Crippen LogP contribution >= 0.6 is 23.2 Å². The minimum Gasteiger partial charge on any atom is -0.496 e. The number of hydrogen-bond acceptors (Lipinski definition) is 4. The quantitative estimate of drug-likeness (QED) is 0.736. The lowest BCUT2D eigenvalue weighted by atomic mass is 10.1. The van der Waals surface area contributed by atoms with Gasteiger partial charge in [-0.25, -0.2) is 4.98 Å². The molecule has 0 amide bonds.